The molecule has 0 aliphatic rings. The van der Waals surface area contributed by atoms with Crippen molar-refractivity contribution < 1.29 is 57.8 Å². The number of amides is 2. The van der Waals surface area contributed by atoms with Gasteiger partial charge in [0.1, 0.15) is 46.3 Å². The van der Waals surface area contributed by atoms with Gasteiger partial charge in [-0.3, -0.25) is 0 Å². The number of esters is 2. The van der Waals surface area contributed by atoms with Crippen molar-refractivity contribution in [1.82, 2.24) is 10.6 Å². The minimum Gasteiger partial charge on any atom is -0.506 e. The first-order chi connectivity index (χ1) is 22.3. The second-order valence-corrected chi connectivity index (χ2v) is 14.2. The van der Waals surface area contributed by atoms with Crippen molar-refractivity contribution in [3.63, 3.8) is 0 Å². The van der Waals surface area contributed by atoms with Gasteiger partial charge in [-0.15, -0.1) is 23.5 Å². The lowest BCUT2D eigenvalue weighted by Gasteiger charge is -2.23. The van der Waals surface area contributed by atoms with Crippen LogP contribution in [0.1, 0.15) is 41.5 Å². The number of alkyl carbamates (subject to hydrolysis) is 2. The Hall–Kier alpha value is -4.18. The van der Waals surface area contributed by atoms with Crippen LogP contribution in [-0.4, -0.2) is 97.6 Å². The van der Waals surface area contributed by atoms with E-state index in [9.17, 15) is 29.4 Å². The number of methoxy groups -OCH3 is 4. The fraction of sp³-hybridized carbons (Fsp3) is 0.500. The van der Waals surface area contributed by atoms with Crippen molar-refractivity contribution in [1.29, 1.82) is 0 Å². The van der Waals surface area contributed by atoms with Crippen LogP contribution in [0.15, 0.2) is 34.1 Å². The molecule has 2 aromatic rings. The van der Waals surface area contributed by atoms with Crippen LogP contribution >= 0.6 is 23.5 Å². The monoisotopic (exact) mass is 712 g/mol. The predicted octanol–water partition coefficient (Wildman–Crippen LogP) is 5.10. The van der Waals surface area contributed by atoms with Crippen molar-refractivity contribution in [2.24, 2.45) is 0 Å². The average molecular weight is 713 g/mol. The molecule has 2 amide bonds. The highest BCUT2D eigenvalue weighted by Crippen LogP contribution is 2.52. The molecule has 0 aliphatic carbocycles. The maximum absolute atomic E-state index is 12.5. The molecule has 0 saturated carbocycles. The zero-order valence-corrected chi connectivity index (χ0v) is 30.3. The molecule has 14 nitrogen and oxygen atoms in total. The number of nitrogens with one attached hydrogen (secondary N) is 2. The molecule has 266 valence electrons. The highest BCUT2D eigenvalue weighted by atomic mass is 32.2. The third-order valence-corrected chi connectivity index (χ3v) is 8.34. The van der Waals surface area contributed by atoms with Gasteiger partial charge in [0.05, 0.1) is 49.4 Å². The van der Waals surface area contributed by atoms with Crippen molar-refractivity contribution in [2.75, 3.05) is 39.9 Å². The minimum absolute atomic E-state index is 0.0518. The van der Waals surface area contributed by atoms with Gasteiger partial charge in [0, 0.05) is 11.5 Å². The van der Waals surface area contributed by atoms with Gasteiger partial charge in [0.2, 0.25) is 0 Å². The second kappa shape index (κ2) is 17.3. The molecule has 0 fully saturated rings. The molecule has 0 heterocycles. The third-order valence-electron chi connectivity index (χ3n) is 6.06. The van der Waals surface area contributed by atoms with Crippen LogP contribution in [0.4, 0.5) is 9.59 Å². The van der Waals surface area contributed by atoms with E-state index in [0.29, 0.717) is 0 Å². The SMILES string of the molecule is COC(=O)[C@@H](CSc1ccc(OC)c(-c2c(OC)ccc(SC[C@@H](NC(=O)OC(C)(C)C)C(=O)OC)c2O)c1O)NC(=O)OC(C)(C)C. The highest BCUT2D eigenvalue weighted by Gasteiger charge is 2.30. The van der Waals surface area contributed by atoms with Crippen LogP contribution < -0.4 is 20.1 Å². The Morgan fingerprint density at radius 3 is 1.25 bits per heavy atom. The molecule has 0 aromatic heterocycles. The van der Waals surface area contributed by atoms with Gasteiger partial charge in [-0.1, -0.05) is 0 Å². The summed E-state index contributed by atoms with van der Waals surface area (Å²) in [4.78, 5) is 50.2. The number of carbonyl (C=O) groups excluding carboxylic acids is 4. The molecule has 48 heavy (non-hydrogen) atoms. The highest BCUT2D eigenvalue weighted by molar-refractivity contribution is 7.99. The number of phenols is 2. The van der Waals surface area contributed by atoms with E-state index in [2.05, 4.69) is 10.6 Å². The molecule has 0 bridgehead atoms. The topological polar surface area (TPSA) is 188 Å². The van der Waals surface area contributed by atoms with Crippen LogP contribution in [0.3, 0.4) is 0 Å². The van der Waals surface area contributed by atoms with Crippen molar-refractivity contribution in [3.8, 4) is 34.1 Å². The van der Waals surface area contributed by atoms with Crippen LogP contribution in [0.5, 0.6) is 23.0 Å². The number of hydrogen-bond acceptors (Lipinski definition) is 14. The Bertz CT molecular complexity index is 1360. The fourth-order valence-corrected chi connectivity index (χ4v) is 5.97. The zero-order chi connectivity index (χ0) is 36.4. The van der Waals surface area contributed by atoms with Crippen molar-refractivity contribution in [2.45, 2.75) is 74.6 Å². The summed E-state index contributed by atoms with van der Waals surface area (Å²) in [6.07, 6.45) is -1.64. The third kappa shape index (κ3) is 11.5. The van der Waals surface area contributed by atoms with Crippen molar-refractivity contribution in [3.05, 3.63) is 24.3 Å². The molecule has 2 aromatic carbocycles. The number of rotatable bonds is 13. The number of carbonyl (C=O) groups is 4. The number of benzene rings is 2. The van der Waals surface area contributed by atoms with Gasteiger partial charge in [0.15, 0.2) is 0 Å². The van der Waals surface area contributed by atoms with E-state index in [1.807, 2.05) is 0 Å². The van der Waals surface area contributed by atoms with Crippen molar-refractivity contribution >= 4 is 47.6 Å². The Kier molecular flexibility index (Phi) is 14.4. The van der Waals surface area contributed by atoms with E-state index in [1.54, 1.807) is 65.8 Å². The largest absolute Gasteiger partial charge is 0.506 e. The Morgan fingerprint density at radius 1 is 0.646 bits per heavy atom. The standard InChI is InChI=1S/C32H44N2O12S2/c1-31(2,3)45-29(39)33-17(27(37)43-9)15-47-21-13-11-19(41-7)23(25(21)35)24-20(42-8)12-14-22(26(24)36)48-16-18(28(38)44-10)34-30(40)46-32(4,5)6/h11-14,17-18,35-36H,15-16H2,1-10H3,(H,33,39)(H,34,40)/t17-,18-/m1/s1. The van der Waals surface area contributed by atoms with E-state index in [0.717, 1.165) is 23.5 Å². The van der Waals surface area contributed by atoms with E-state index < -0.39 is 47.4 Å². The number of phenolic OH excluding ortho intramolecular Hbond substituents is 2. The summed E-state index contributed by atoms with van der Waals surface area (Å²) in [5.74, 6) is -1.81. The molecule has 0 aliphatic heterocycles. The maximum Gasteiger partial charge on any atom is 0.408 e. The molecule has 0 spiro atoms. The first kappa shape index (κ1) is 40.0. The maximum atomic E-state index is 12.5. The van der Waals surface area contributed by atoms with E-state index >= 15 is 0 Å². The molecule has 2 atom stereocenters. The van der Waals surface area contributed by atoms with Gasteiger partial charge in [0.25, 0.3) is 0 Å². The summed E-state index contributed by atoms with van der Waals surface area (Å²) in [5.41, 5.74) is -1.45. The molecule has 4 N–H and O–H groups in total. The summed E-state index contributed by atoms with van der Waals surface area (Å²) < 4.78 is 31.2. The molecule has 0 saturated heterocycles. The Labute approximate surface area is 288 Å². The molecular formula is C32H44N2O12S2. The first-order valence-electron chi connectivity index (χ1n) is 14.6. The molecular weight excluding hydrogens is 668 g/mol. The van der Waals surface area contributed by atoms with Crippen LogP contribution in [0, 0.1) is 0 Å². The quantitative estimate of drug-likeness (QED) is 0.122. The minimum atomic E-state index is -1.13. The lowest BCUT2D eigenvalue weighted by Crippen LogP contribution is -2.45. The van der Waals surface area contributed by atoms with Crippen LogP contribution in [-0.2, 0) is 28.5 Å². The van der Waals surface area contributed by atoms with Gasteiger partial charge in [-0.2, -0.15) is 0 Å². The number of thioether (sulfide) groups is 2. The number of ether oxygens (including phenoxy) is 6. The van der Waals surface area contributed by atoms with Crippen LogP contribution in [0.2, 0.25) is 0 Å². The Balaban J connectivity index is 2.47. The van der Waals surface area contributed by atoms with Gasteiger partial charge >= 0.3 is 24.1 Å². The second-order valence-electron chi connectivity index (χ2n) is 12.0. The van der Waals surface area contributed by atoms with Gasteiger partial charge < -0.3 is 49.3 Å². The zero-order valence-electron chi connectivity index (χ0n) is 28.7. The number of aromatic hydroxyl groups is 2. The molecule has 2 rings (SSSR count). The summed E-state index contributed by atoms with van der Waals surface area (Å²) in [7, 11) is 5.13. The number of hydrogen-bond donors (Lipinski definition) is 4. The summed E-state index contributed by atoms with van der Waals surface area (Å²) in [6, 6.07) is 3.97. The van der Waals surface area contributed by atoms with E-state index in [1.165, 1.54) is 28.4 Å². The average Bonchev–Trinajstić information content (AvgIpc) is 2.99. The predicted molar refractivity (Wildman–Crippen MR) is 180 cm³/mol. The summed E-state index contributed by atoms with van der Waals surface area (Å²) in [5, 5.41) is 28.0. The smallest absolute Gasteiger partial charge is 0.408 e. The lowest BCUT2D eigenvalue weighted by atomic mass is 10.0. The van der Waals surface area contributed by atoms with Gasteiger partial charge in [-0.25, -0.2) is 19.2 Å². The molecule has 0 radical (unpaired) electrons. The Morgan fingerprint density at radius 2 is 0.979 bits per heavy atom. The summed E-state index contributed by atoms with van der Waals surface area (Å²) >= 11 is 2.06. The molecule has 16 heteroatoms. The summed E-state index contributed by atoms with van der Waals surface area (Å²) in [6.45, 7) is 10.1. The van der Waals surface area contributed by atoms with E-state index in [4.69, 9.17) is 28.4 Å². The molecule has 0 unspecified atom stereocenters. The van der Waals surface area contributed by atoms with E-state index in [-0.39, 0.29) is 55.4 Å². The first-order valence-corrected chi connectivity index (χ1v) is 16.5. The fourth-order valence-electron chi connectivity index (χ4n) is 4.03. The normalized spacial score (nSPS) is 12.6. The lowest BCUT2D eigenvalue weighted by molar-refractivity contribution is -0.143. The van der Waals surface area contributed by atoms with Gasteiger partial charge in [-0.05, 0) is 65.8 Å². The van der Waals surface area contributed by atoms with Crippen LogP contribution in [0.25, 0.3) is 11.1 Å².